The van der Waals surface area contributed by atoms with Gasteiger partial charge in [0.2, 0.25) is 5.95 Å². The molecule has 3 rings (SSSR count). The molecule has 0 saturated carbocycles. The van der Waals surface area contributed by atoms with Gasteiger partial charge in [-0.05, 0) is 12.1 Å². The van der Waals surface area contributed by atoms with Gasteiger partial charge >= 0.3 is 0 Å². The normalized spacial score (nSPS) is 19.3. The van der Waals surface area contributed by atoms with Gasteiger partial charge in [0.05, 0.1) is 5.52 Å². The number of nitrogens with zero attached hydrogens (tertiary/aromatic N) is 3. The maximum atomic E-state index is 13.1. The van der Waals surface area contributed by atoms with Crippen molar-refractivity contribution in [3.8, 4) is 0 Å². The Morgan fingerprint density at radius 1 is 1.28 bits per heavy atom. The van der Waals surface area contributed by atoms with Gasteiger partial charge < -0.3 is 10.6 Å². The Hall–Kier alpha value is -1.85. The first-order valence-corrected chi connectivity index (χ1v) is 5.92. The number of nitrogen functional groups attached to an aromatic ring is 1. The Labute approximate surface area is 103 Å². The summed E-state index contributed by atoms with van der Waals surface area (Å²) in [4.78, 5) is 6.13. The van der Waals surface area contributed by atoms with Crippen molar-refractivity contribution >= 4 is 17.3 Å². The van der Waals surface area contributed by atoms with Crippen LogP contribution in [0.15, 0.2) is 24.4 Å². The first-order chi connectivity index (χ1) is 8.55. The Kier molecular flexibility index (Phi) is 2.39. The number of hydrogen-bond donors (Lipinski definition) is 1. The molecule has 0 bridgehead atoms. The first-order valence-electron chi connectivity index (χ1n) is 5.92. The van der Waals surface area contributed by atoms with Crippen molar-refractivity contribution in [3.05, 3.63) is 24.4 Å². The van der Waals surface area contributed by atoms with E-state index in [1.54, 1.807) is 6.07 Å². The Morgan fingerprint density at radius 3 is 2.72 bits per heavy atom. The smallest absolute Gasteiger partial charge is 0.251 e. The van der Waals surface area contributed by atoms with Gasteiger partial charge in [-0.2, -0.15) is 4.98 Å². The molecule has 0 amide bonds. The van der Waals surface area contributed by atoms with Gasteiger partial charge in [-0.1, -0.05) is 0 Å². The molecule has 1 aliphatic heterocycles. The maximum Gasteiger partial charge on any atom is 0.251 e. The molecule has 18 heavy (non-hydrogen) atoms. The predicted octanol–water partition coefficient (Wildman–Crippen LogP) is 2.15. The van der Waals surface area contributed by atoms with E-state index in [2.05, 4.69) is 4.98 Å². The zero-order valence-electron chi connectivity index (χ0n) is 9.81. The van der Waals surface area contributed by atoms with E-state index >= 15 is 0 Å². The van der Waals surface area contributed by atoms with E-state index in [0.717, 1.165) is 5.52 Å². The number of piperidine rings is 1. The van der Waals surface area contributed by atoms with E-state index in [1.165, 1.54) is 0 Å². The van der Waals surface area contributed by atoms with Crippen LogP contribution in [-0.4, -0.2) is 28.4 Å². The van der Waals surface area contributed by atoms with E-state index in [4.69, 9.17) is 5.73 Å². The van der Waals surface area contributed by atoms with Gasteiger partial charge in [-0.25, -0.2) is 8.78 Å². The Bertz CT molecular complexity index is 568. The SMILES string of the molecule is Nc1cc2cccn2c(N2CCC(F)(F)CC2)n1. The molecule has 1 saturated heterocycles. The number of anilines is 2. The van der Waals surface area contributed by atoms with Crippen molar-refractivity contribution < 1.29 is 8.78 Å². The molecule has 0 aromatic carbocycles. The lowest BCUT2D eigenvalue weighted by molar-refractivity contribution is -0.0222. The van der Waals surface area contributed by atoms with Crippen molar-refractivity contribution in [1.82, 2.24) is 9.38 Å². The van der Waals surface area contributed by atoms with Crippen LogP contribution in [0.4, 0.5) is 20.5 Å². The number of nitrogens with two attached hydrogens (primary N) is 1. The summed E-state index contributed by atoms with van der Waals surface area (Å²) in [5.41, 5.74) is 6.67. The lowest BCUT2D eigenvalue weighted by atomic mass is 10.1. The van der Waals surface area contributed by atoms with Crippen LogP contribution in [0.1, 0.15) is 12.8 Å². The molecule has 2 N–H and O–H groups in total. The highest BCUT2D eigenvalue weighted by molar-refractivity contribution is 5.59. The van der Waals surface area contributed by atoms with Gasteiger partial charge in [-0.3, -0.25) is 4.40 Å². The van der Waals surface area contributed by atoms with Crippen molar-refractivity contribution in [3.63, 3.8) is 0 Å². The fourth-order valence-electron chi connectivity index (χ4n) is 2.30. The Morgan fingerprint density at radius 2 is 2.00 bits per heavy atom. The summed E-state index contributed by atoms with van der Waals surface area (Å²) >= 11 is 0. The second-order valence-electron chi connectivity index (χ2n) is 4.63. The van der Waals surface area contributed by atoms with Crippen LogP contribution >= 0.6 is 0 Å². The third-order valence-electron chi connectivity index (χ3n) is 3.30. The third kappa shape index (κ3) is 1.87. The number of aromatic nitrogens is 2. The highest BCUT2D eigenvalue weighted by atomic mass is 19.3. The van der Waals surface area contributed by atoms with Crippen molar-refractivity contribution in [2.24, 2.45) is 0 Å². The molecular weight excluding hydrogens is 238 g/mol. The summed E-state index contributed by atoms with van der Waals surface area (Å²) in [5.74, 6) is -1.49. The molecule has 0 aliphatic carbocycles. The van der Waals surface area contributed by atoms with Crippen molar-refractivity contribution in [2.45, 2.75) is 18.8 Å². The molecule has 0 unspecified atom stereocenters. The standard InChI is InChI=1S/C12H14F2N4/c13-12(14)3-6-17(7-4-12)11-16-10(15)8-9-2-1-5-18(9)11/h1-2,5,8H,3-4,6-7,15H2. The summed E-state index contributed by atoms with van der Waals surface area (Å²) in [6, 6.07) is 5.57. The quantitative estimate of drug-likeness (QED) is 0.846. The number of fused-ring (bicyclic) bond motifs is 1. The zero-order valence-corrected chi connectivity index (χ0v) is 9.81. The van der Waals surface area contributed by atoms with Crippen LogP contribution in [0.3, 0.4) is 0 Å². The molecule has 6 heteroatoms. The largest absolute Gasteiger partial charge is 0.384 e. The van der Waals surface area contributed by atoms with Crippen LogP contribution < -0.4 is 10.6 Å². The highest BCUT2D eigenvalue weighted by Gasteiger charge is 2.34. The fourth-order valence-corrected chi connectivity index (χ4v) is 2.30. The number of halogens is 2. The molecule has 4 nitrogen and oxygen atoms in total. The molecule has 2 aromatic rings. The maximum absolute atomic E-state index is 13.1. The van der Waals surface area contributed by atoms with Crippen LogP contribution in [-0.2, 0) is 0 Å². The third-order valence-corrected chi connectivity index (χ3v) is 3.30. The average Bonchev–Trinajstić information content (AvgIpc) is 2.76. The summed E-state index contributed by atoms with van der Waals surface area (Å²) in [6.07, 6.45) is 1.60. The minimum Gasteiger partial charge on any atom is -0.384 e. The molecule has 3 heterocycles. The van der Waals surface area contributed by atoms with Crippen LogP contribution in [0, 0.1) is 0 Å². The summed E-state index contributed by atoms with van der Waals surface area (Å²) < 4.78 is 28.2. The monoisotopic (exact) mass is 252 g/mol. The minimum atomic E-state index is -2.55. The van der Waals surface area contributed by atoms with Gasteiger partial charge in [0.15, 0.2) is 0 Å². The van der Waals surface area contributed by atoms with E-state index in [1.807, 2.05) is 27.6 Å². The minimum absolute atomic E-state index is 0.133. The van der Waals surface area contributed by atoms with Crippen LogP contribution in [0.5, 0.6) is 0 Å². The lowest BCUT2D eigenvalue weighted by Crippen LogP contribution is -2.40. The van der Waals surface area contributed by atoms with E-state index in [0.29, 0.717) is 24.9 Å². The highest BCUT2D eigenvalue weighted by Crippen LogP contribution is 2.30. The summed E-state index contributed by atoms with van der Waals surface area (Å²) in [5, 5.41) is 0. The number of hydrogen-bond acceptors (Lipinski definition) is 3. The first kappa shape index (κ1) is 11.3. The van der Waals surface area contributed by atoms with Gasteiger partial charge in [0.25, 0.3) is 5.92 Å². The predicted molar refractivity (Wildman–Crippen MR) is 66.0 cm³/mol. The second kappa shape index (κ2) is 3.83. The summed E-state index contributed by atoms with van der Waals surface area (Å²) in [6.45, 7) is 0.605. The molecule has 0 spiro atoms. The van der Waals surface area contributed by atoms with Crippen molar-refractivity contribution in [1.29, 1.82) is 0 Å². The van der Waals surface area contributed by atoms with Gasteiger partial charge in [-0.15, -0.1) is 0 Å². The Balaban J connectivity index is 1.97. The van der Waals surface area contributed by atoms with Crippen molar-refractivity contribution in [2.75, 3.05) is 23.7 Å². The molecule has 2 aromatic heterocycles. The lowest BCUT2D eigenvalue weighted by Gasteiger charge is -2.32. The number of alkyl halides is 2. The molecule has 1 aliphatic rings. The average molecular weight is 252 g/mol. The van der Waals surface area contributed by atoms with E-state index in [9.17, 15) is 8.78 Å². The molecular formula is C12H14F2N4. The fraction of sp³-hybridized carbons (Fsp3) is 0.417. The summed E-state index contributed by atoms with van der Waals surface area (Å²) in [7, 11) is 0. The zero-order chi connectivity index (χ0) is 12.8. The topological polar surface area (TPSA) is 46.6 Å². The van der Waals surface area contributed by atoms with Crippen LogP contribution in [0.2, 0.25) is 0 Å². The number of rotatable bonds is 1. The molecule has 0 atom stereocenters. The van der Waals surface area contributed by atoms with Gasteiger partial charge in [0, 0.05) is 38.2 Å². The van der Waals surface area contributed by atoms with E-state index < -0.39 is 5.92 Å². The van der Waals surface area contributed by atoms with Crippen LogP contribution in [0.25, 0.3) is 5.52 Å². The molecule has 1 fully saturated rings. The molecule has 0 radical (unpaired) electrons. The van der Waals surface area contributed by atoms with E-state index in [-0.39, 0.29) is 12.8 Å². The second-order valence-corrected chi connectivity index (χ2v) is 4.63. The molecule has 96 valence electrons. The van der Waals surface area contributed by atoms with Gasteiger partial charge in [0.1, 0.15) is 5.82 Å².